The van der Waals surface area contributed by atoms with Gasteiger partial charge in [0.25, 0.3) is 5.91 Å². The average molecular weight is 342 g/mol. The highest BCUT2D eigenvalue weighted by molar-refractivity contribution is 5.96. The highest BCUT2D eigenvalue weighted by Crippen LogP contribution is 2.38. The van der Waals surface area contributed by atoms with Crippen molar-refractivity contribution in [1.29, 1.82) is 0 Å². The Morgan fingerprint density at radius 3 is 2.24 bits per heavy atom. The third-order valence-electron chi connectivity index (χ3n) is 3.74. The molecule has 6 heteroatoms. The van der Waals surface area contributed by atoms with E-state index in [4.69, 9.17) is 14.2 Å². The van der Waals surface area contributed by atoms with E-state index in [1.165, 1.54) is 21.3 Å². The second-order valence-electron chi connectivity index (χ2n) is 5.24. The molecule has 1 amide bonds. The van der Waals surface area contributed by atoms with E-state index in [1.807, 2.05) is 12.1 Å². The molecule has 0 radical (unpaired) electrons. The number of rotatable bonds is 8. The Kier molecular flexibility index (Phi) is 6.39. The molecule has 0 saturated carbocycles. The maximum absolute atomic E-state index is 12.7. The van der Waals surface area contributed by atoms with Crippen LogP contribution in [0.4, 0.5) is 0 Å². The minimum absolute atomic E-state index is 0.202. The number of amides is 1. The number of carbonyl (C=O) groups excluding carboxylic acids is 1. The molecular formula is C19H22N2O4. The van der Waals surface area contributed by atoms with Crippen LogP contribution >= 0.6 is 0 Å². The van der Waals surface area contributed by atoms with Gasteiger partial charge in [0.05, 0.1) is 27.4 Å². The molecule has 2 rings (SSSR count). The zero-order valence-corrected chi connectivity index (χ0v) is 14.6. The lowest BCUT2D eigenvalue weighted by atomic mass is 10.0. The summed E-state index contributed by atoms with van der Waals surface area (Å²) in [5, 5.41) is 3.00. The smallest absolute Gasteiger partial charge is 0.252 e. The van der Waals surface area contributed by atoms with E-state index in [1.54, 1.807) is 30.6 Å². The largest absolute Gasteiger partial charge is 0.493 e. The van der Waals surface area contributed by atoms with E-state index >= 15 is 0 Å². The summed E-state index contributed by atoms with van der Waals surface area (Å²) in [6.45, 7) is 3.76. The zero-order chi connectivity index (χ0) is 18.2. The van der Waals surface area contributed by atoms with Gasteiger partial charge in [-0.25, -0.2) is 0 Å². The maximum atomic E-state index is 12.7. The zero-order valence-electron chi connectivity index (χ0n) is 14.6. The number of benzene rings is 1. The van der Waals surface area contributed by atoms with Crippen molar-refractivity contribution in [2.24, 2.45) is 0 Å². The summed E-state index contributed by atoms with van der Waals surface area (Å²) in [5.41, 5.74) is 1.37. The second kappa shape index (κ2) is 8.73. The Morgan fingerprint density at radius 1 is 1.16 bits per heavy atom. The number of carbonyl (C=O) groups is 1. The molecular weight excluding hydrogens is 320 g/mol. The number of hydrogen-bond acceptors (Lipinski definition) is 5. The minimum Gasteiger partial charge on any atom is -0.493 e. The van der Waals surface area contributed by atoms with E-state index in [0.717, 1.165) is 5.56 Å². The van der Waals surface area contributed by atoms with Crippen LogP contribution in [0.3, 0.4) is 0 Å². The van der Waals surface area contributed by atoms with Crippen molar-refractivity contribution in [1.82, 2.24) is 10.3 Å². The van der Waals surface area contributed by atoms with Gasteiger partial charge in [0.2, 0.25) is 5.75 Å². The standard InChI is InChI=1S/C19H22N2O4/c1-5-6-15(13-7-9-20-10-8-13)21-19(22)14-11-16(23-2)18(25-4)17(12-14)24-3/h5,7-12,15H,1,6H2,2-4H3,(H,21,22)/t15-/m0/s1. The topological polar surface area (TPSA) is 69.7 Å². The van der Waals surface area contributed by atoms with Crippen LogP contribution in [-0.2, 0) is 0 Å². The van der Waals surface area contributed by atoms with Gasteiger partial charge in [-0.3, -0.25) is 9.78 Å². The summed E-state index contributed by atoms with van der Waals surface area (Å²) in [4.78, 5) is 16.7. The number of methoxy groups -OCH3 is 3. The lowest BCUT2D eigenvalue weighted by Crippen LogP contribution is -2.28. The van der Waals surface area contributed by atoms with Gasteiger partial charge in [-0.15, -0.1) is 6.58 Å². The van der Waals surface area contributed by atoms with Crippen LogP contribution in [0.2, 0.25) is 0 Å². The van der Waals surface area contributed by atoms with E-state index in [0.29, 0.717) is 29.2 Å². The molecule has 0 saturated heterocycles. The fraction of sp³-hybridized carbons (Fsp3) is 0.263. The third kappa shape index (κ3) is 4.29. The van der Waals surface area contributed by atoms with Crippen LogP contribution in [0.25, 0.3) is 0 Å². The monoisotopic (exact) mass is 342 g/mol. The number of hydrogen-bond donors (Lipinski definition) is 1. The Bertz CT molecular complexity index is 706. The molecule has 6 nitrogen and oxygen atoms in total. The van der Waals surface area contributed by atoms with Gasteiger partial charge in [-0.05, 0) is 36.2 Å². The highest BCUT2D eigenvalue weighted by atomic mass is 16.5. The number of nitrogens with one attached hydrogen (secondary N) is 1. The molecule has 1 N–H and O–H groups in total. The molecule has 2 aromatic rings. The van der Waals surface area contributed by atoms with Crippen molar-refractivity contribution in [3.63, 3.8) is 0 Å². The van der Waals surface area contributed by atoms with E-state index in [9.17, 15) is 4.79 Å². The average Bonchev–Trinajstić information content (AvgIpc) is 2.66. The number of pyridine rings is 1. The van der Waals surface area contributed by atoms with Gasteiger partial charge in [0.1, 0.15) is 0 Å². The quantitative estimate of drug-likeness (QED) is 0.746. The van der Waals surface area contributed by atoms with Gasteiger partial charge in [-0.2, -0.15) is 0 Å². The van der Waals surface area contributed by atoms with E-state index in [2.05, 4.69) is 16.9 Å². The summed E-state index contributed by atoms with van der Waals surface area (Å²) in [7, 11) is 4.54. The highest BCUT2D eigenvalue weighted by Gasteiger charge is 2.19. The van der Waals surface area contributed by atoms with E-state index < -0.39 is 0 Å². The Hall–Kier alpha value is -3.02. The summed E-state index contributed by atoms with van der Waals surface area (Å²) in [6.07, 6.45) is 5.74. The molecule has 0 spiro atoms. The minimum atomic E-state index is -0.247. The van der Waals surface area contributed by atoms with Crippen molar-refractivity contribution in [2.75, 3.05) is 21.3 Å². The molecule has 1 heterocycles. The Labute approximate surface area is 147 Å². The van der Waals surface area contributed by atoms with Crippen molar-refractivity contribution in [3.05, 3.63) is 60.4 Å². The second-order valence-corrected chi connectivity index (χ2v) is 5.24. The molecule has 0 aliphatic heterocycles. The Morgan fingerprint density at radius 2 is 1.76 bits per heavy atom. The van der Waals surface area contributed by atoms with Crippen LogP contribution < -0.4 is 19.5 Å². The third-order valence-corrected chi connectivity index (χ3v) is 3.74. The van der Waals surface area contributed by atoms with Crippen molar-refractivity contribution < 1.29 is 19.0 Å². The summed E-state index contributed by atoms with van der Waals surface area (Å²) < 4.78 is 15.9. The van der Waals surface area contributed by atoms with Gasteiger partial charge in [0.15, 0.2) is 11.5 Å². The SMILES string of the molecule is C=CC[C@H](NC(=O)c1cc(OC)c(OC)c(OC)c1)c1ccncc1. The molecule has 0 unspecified atom stereocenters. The summed E-state index contributed by atoms with van der Waals surface area (Å²) >= 11 is 0. The first kappa shape index (κ1) is 18.3. The van der Waals surface area contributed by atoms with Gasteiger partial charge in [-0.1, -0.05) is 6.08 Å². The van der Waals surface area contributed by atoms with Crippen molar-refractivity contribution in [2.45, 2.75) is 12.5 Å². The van der Waals surface area contributed by atoms with Gasteiger partial charge in [0, 0.05) is 18.0 Å². The first-order valence-corrected chi connectivity index (χ1v) is 7.76. The van der Waals surface area contributed by atoms with Crippen molar-refractivity contribution in [3.8, 4) is 17.2 Å². The molecule has 1 aromatic heterocycles. The number of ether oxygens (including phenoxy) is 3. The fourth-order valence-electron chi connectivity index (χ4n) is 2.49. The number of nitrogens with zero attached hydrogens (tertiary/aromatic N) is 1. The normalized spacial score (nSPS) is 11.3. The van der Waals surface area contributed by atoms with Crippen LogP contribution in [0.15, 0.2) is 49.3 Å². The van der Waals surface area contributed by atoms with Crippen LogP contribution in [0.1, 0.15) is 28.4 Å². The molecule has 0 aliphatic carbocycles. The molecule has 1 aromatic carbocycles. The van der Waals surface area contributed by atoms with Gasteiger partial charge >= 0.3 is 0 Å². The van der Waals surface area contributed by atoms with Gasteiger partial charge < -0.3 is 19.5 Å². The van der Waals surface area contributed by atoms with Crippen LogP contribution in [0, 0.1) is 0 Å². The molecule has 0 fully saturated rings. The van der Waals surface area contributed by atoms with E-state index in [-0.39, 0.29) is 11.9 Å². The summed E-state index contributed by atoms with van der Waals surface area (Å²) in [6, 6.07) is 6.77. The van der Waals surface area contributed by atoms with Crippen LogP contribution in [-0.4, -0.2) is 32.2 Å². The maximum Gasteiger partial charge on any atom is 0.252 e. The molecule has 132 valence electrons. The van der Waals surface area contributed by atoms with Crippen molar-refractivity contribution >= 4 is 5.91 Å². The first-order valence-electron chi connectivity index (χ1n) is 7.76. The summed E-state index contributed by atoms with van der Waals surface area (Å²) in [5.74, 6) is 1.05. The number of aromatic nitrogens is 1. The molecule has 25 heavy (non-hydrogen) atoms. The first-order chi connectivity index (χ1) is 12.1. The van der Waals surface area contributed by atoms with Crippen LogP contribution in [0.5, 0.6) is 17.2 Å². The molecule has 1 atom stereocenters. The molecule has 0 aliphatic rings. The lowest BCUT2D eigenvalue weighted by Gasteiger charge is -2.19. The Balaban J connectivity index is 2.31. The predicted octanol–water partition coefficient (Wildman–Crippen LogP) is 3.15. The predicted molar refractivity (Wildman–Crippen MR) is 95.4 cm³/mol. The fourth-order valence-corrected chi connectivity index (χ4v) is 2.49. The lowest BCUT2D eigenvalue weighted by molar-refractivity contribution is 0.0936. The molecule has 0 bridgehead atoms.